The lowest BCUT2D eigenvalue weighted by molar-refractivity contribution is -0.117. The Bertz CT molecular complexity index is 1210. The van der Waals surface area contributed by atoms with Crippen molar-refractivity contribution in [2.45, 2.75) is 54.6 Å². The average molecular weight is 386 g/mol. The van der Waals surface area contributed by atoms with Crippen LogP contribution in [0.1, 0.15) is 37.7 Å². The molecule has 28 heavy (non-hydrogen) atoms. The van der Waals surface area contributed by atoms with Gasteiger partial charge >= 0.3 is 5.69 Å². The van der Waals surface area contributed by atoms with E-state index in [2.05, 4.69) is 10.1 Å². The van der Waals surface area contributed by atoms with Crippen LogP contribution in [0.3, 0.4) is 0 Å². The number of hydrogen-bond acceptors (Lipinski definition) is 5. The highest BCUT2D eigenvalue weighted by Crippen LogP contribution is 2.21. The van der Waals surface area contributed by atoms with Gasteiger partial charge in [-0.15, -0.1) is 0 Å². The number of carbonyl (C=O) groups is 1. The first-order chi connectivity index (χ1) is 13.0. The number of Topliss-reactive ketones (excluding diaryl/α,β-unsaturated/α-hetero) is 1. The molecule has 0 saturated heterocycles. The van der Waals surface area contributed by atoms with Gasteiger partial charge in [-0.3, -0.25) is 18.7 Å². The number of rotatable bonds is 5. The molecular formula is C19H26N6O3. The molecule has 0 unspecified atom stereocenters. The van der Waals surface area contributed by atoms with Crippen LogP contribution in [0.4, 0.5) is 0 Å². The molecular weight excluding hydrogens is 360 g/mol. The summed E-state index contributed by atoms with van der Waals surface area (Å²) in [4.78, 5) is 42.0. The molecule has 0 aliphatic heterocycles. The lowest BCUT2D eigenvalue weighted by atomic mass is 10.2. The molecule has 0 fully saturated rings. The molecule has 0 aliphatic rings. The Morgan fingerprint density at radius 1 is 1.11 bits per heavy atom. The molecule has 0 radical (unpaired) electrons. The quantitative estimate of drug-likeness (QED) is 0.657. The van der Waals surface area contributed by atoms with Gasteiger partial charge in [-0.1, -0.05) is 13.8 Å². The third kappa shape index (κ3) is 3.00. The van der Waals surface area contributed by atoms with Gasteiger partial charge in [0.05, 0.1) is 12.2 Å². The largest absolute Gasteiger partial charge is 0.332 e. The monoisotopic (exact) mass is 386 g/mol. The van der Waals surface area contributed by atoms with Crippen LogP contribution in [0.25, 0.3) is 17.1 Å². The summed E-state index contributed by atoms with van der Waals surface area (Å²) in [7, 11) is 1.56. The van der Waals surface area contributed by atoms with Crippen molar-refractivity contribution in [3.05, 3.63) is 37.8 Å². The van der Waals surface area contributed by atoms with Crippen LogP contribution in [-0.4, -0.2) is 34.2 Å². The number of fused-ring (bicyclic) bond motifs is 1. The second-order valence-electron chi connectivity index (χ2n) is 7.73. The van der Waals surface area contributed by atoms with Gasteiger partial charge in [0.25, 0.3) is 5.56 Å². The fraction of sp³-hybridized carbons (Fsp3) is 0.526. The van der Waals surface area contributed by atoms with Crippen molar-refractivity contribution in [2.75, 3.05) is 0 Å². The van der Waals surface area contributed by atoms with Crippen LogP contribution < -0.4 is 11.2 Å². The zero-order valence-corrected chi connectivity index (χ0v) is 17.4. The molecule has 0 saturated carbocycles. The molecule has 3 aromatic heterocycles. The Labute approximate surface area is 162 Å². The van der Waals surface area contributed by atoms with Gasteiger partial charge in [0.1, 0.15) is 5.78 Å². The Balaban J connectivity index is 2.47. The standard InChI is InChI=1S/C19H26N6O3/c1-10(2)8-23-15-16(20-18(23)25-14(6)12(4)13(5)21-25)22(7)19(28)24(17(15)27)9-11(3)26/h10H,8-9H2,1-7H3. The van der Waals surface area contributed by atoms with E-state index >= 15 is 0 Å². The molecule has 9 heteroatoms. The minimum Gasteiger partial charge on any atom is -0.302 e. The zero-order chi connectivity index (χ0) is 20.9. The van der Waals surface area contributed by atoms with Gasteiger partial charge in [0.15, 0.2) is 11.2 Å². The number of imidazole rings is 1. The number of ketones is 1. The molecule has 3 rings (SSSR count). The Kier molecular flexibility index (Phi) is 4.86. The third-order valence-corrected chi connectivity index (χ3v) is 4.98. The number of aromatic nitrogens is 6. The van der Waals surface area contributed by atoms with Crippen molar-refractivity contribution in [3.63, 3.8) is 0 Å². The molecule has 3 aromatic rings. The van der Waals surface area contributed by atoms with Gasteiger partial charge < -0.3 is 4.57 Å². The van der Waals surface area contributed by atoms with E-state index in [9.17, 15) is 14.4 Å². The number of nitrogens with zero attached hydrogens (tertiary/aromatic N) is 6. The first-order valence-corrected chi connectivity index (χ1v) is 9.27. The first kappa shape index (κ1) is 19.8. The molecule has 150 valence electrons. The Morgan fingerprint density at radius 3 is 2.25 bits per heavy atom. The highest BCUT2D eigenvalue weighted by Gasteiger charge is 2.24. The molecule has 0 aliphatic carbocycles. The molecule has 0 atom stereocenters. The van der Waals surface area contributed by atoms with Crippen molar-refractivity contribution in [2.24, 2.45) is 13.0 Å². The zero-order valence-electron chi connectivity index (χ0n) is 17.4. The summed E-state index contributed by atoms with van der Waals surface area (Å²) in [6.45, 7) is 11.5. The maximum Gasteiger partial charge on any atom is 0.332 e. The highest BCUT2D eigenvalue weighted by atomic mass is 16.2. The van der Waals surface area contributed by atoms with E-state index in [-0.39, 0.29) is 23.9 Å². The summed E-state index contributed by atoms with van der Waals surface area (Å²) in [6.07, 6.45) is 0. The van der Waals surface area contributed by atoms with Crippen LogP contribution in [0, 0.1) is 26.7 Å². The Hall–Kier alpha value is -2.97. The molecule has 0 amide bonds. The smallest absolute Gasteiger partial charge is 0.302 e. The van der Waals surface area contributed by atoms with Crippen molar-refractivity contribution in [1.29, 1.82) is 0 Å². The highest BCUT2D eigenvalue weighted by molar-refractivity contribution is 5.76. The van der Waals surface area contributed by atoms with Crippen molar-refractivity contribution >= 4 is 16.9 Å². The maximum absolute atomic E-state index is 13.1. The predicted molar refractivity (Wildman–Crippen MR) is 106 cm³/mol. The first-order valence-electron chi connectivity index (χ1n) is 9.27. The van der Waals surface area contributed by atoms with Gasteiger partial charge in [-0.05, 0) is 39.2 Å². The molecule has 9 nitrogen and oxygen atoms in total. The second kappa shape index (κ2) is 6.88. The van der Waals surface area contributed by atoms with Crippen molar-refractivity contribution < 1.29 is 4.79 Å². The van der Waals surface area contributed by atoms with E-state index < -0.39 is 11.2 Å². The molecule has 0 spiro atoms. The summed E-state index contributed by atoms with van der Waals surface area (Å²) in [6, 6.07) is 0. The summed E-state index contributed by atoms with van der Waals surface area (Å²) in [5.74, 6) is 0.458. The number of hydrogen-bond donors (Lipinski definition) is 0. The maximum atomic E-state index is 13.1. The van der Waals surface area contributed by atoms with E-state index in [1.54, 1.807) is 16.3 Å². The molecule has 0 N–H and O–H groups in total. The fourth-order valence-corrected chi connectivity index (χ4v) is 3.34. The Morgan fingerprint density at radius 2 is 1.75 bits per heavy atom. The summed E-state index contributed by atoms with van der Waals surface area (Å²) < 4.78 is 5.81. The van der Waals surface area contributed by atoms with Crippen LogP contribution >= 0.6 is 0 Å². The minimum absolute atomic E-state index is 0.229. The van der Waals surface area contributed by atoms with Gasteiger partial charge in [-0.25, -0.2) is 9.48 Å². The van der Waals surface area contributed by atoms with E-state index in [0.29, 0.717) is 18.0 Å². The fourth-order valence-electron chi connectivity index (χ4n) is 3.34. The molecule has 3 heterocycles. The summed E-state index contributed by atoms with van der Waals surface area (Å²) >= 11 is 0. The van der Waals surface area contributed by atoms with Crippen LogP contribution in [-0.2, 0) is 24.9 Å². The average Bonchev–Trinajstić information content (AvgIpc) is 3.09. The lowest BCUT2D eigenvalue weighted by Gasteiger charge is -2.13. The van der Waals surface area contributed by atoms with Gasteiger partial charge in [0.2, 0.25) is 5.95 Å². The topological polar surface area (TPSA) is 96.7 Å². The summed E-state index contributed by atoms with van der Waals surface area (Å²) in [5.41, 5.74) is 2.37. The van der Waals surface area contributed by atoms with Gasteiger partial charge in [0, 0.05) is 19.3 Å². The van der Waals surface area contributed by atoms with Crippen molar-refractivity contribution in [1.82, 2.24) is 28.5 Å². The van der Waals surface area contributed by atoms with E-state index in [1.807, 2.05) is 34.6 Å². The minimum atomic E-state index is -0.557. The van der Waals surface area contributed by atoms with Crippen LogP contribution in [0.2, 0.25) is 0 Å². The number of carbonyl (C=O) groups excluding carboxylic acids is 1. The summed E-state index contributed by atoms with van der Waals surface area (Å²) in [5, 5.41) is 4.58. The van der Waals surface area contributed by atoms with Crippen LogP contribution in [0.5, 0.6) is 0 Å². The van der Waals surface area contributed by atoms with Gasteiger partial charge in [-0.2, -0.15) is 10.1 Å². The third-order valence-electron chi connectivity index (χ3n) is 4.98. The molecule has 0 bridgehead atoms. The van der Waals surface area contributed by atoms with E-state index in [0.717, 1.165) is 21.5 Å². The number of aryl methyl sites for hydroxylation is 2. The normalized spacial score (nSPS) is 11.7. The second-order valence-corrected chi connectivity index (χ2v) is 7.73. The van der Waals surface area contributed by atoms with Crippen molar-refractivity contribution in [3.8, 4) is 5.95 Å². The van der Waals surface area contributed by atoms with Crippen LogP contribution in [0.15, 0.2) is 9.59 Å². The predicted octanol–water partition coefficient (Wildman–Crippen LogP) is 1.25. The van der Waals surface area contributed by atoms with E-state index in [4.69, 9.17) is 0 Å². The molecule has 0 aromatic carbocycles. The lowest BCUT2D eigenvalue weighted by Crippen LogP contribution is -2.41. The SMILES string of the molecule is CC(=O)Cn1c(=O)c2c(nc(-n3nc(C)c(C)c3C)n2CC(C)C)n(C)c1=O. The van der Waals surface area contributed by atoms with E-state index in [1.165, 1.54) is 11.5 Å².